The Morgan fingerprint density at radius 1 is 0.765 bits per heavy atom. The van der Waals surface area contributed by atoms with Gasteiger partial charge in [-0.2, -0.15) is 0 Å². The molecule has 0 radical (unpaired) electrons. The van der Waals surface area contributed by atoms with Gasteiger partial charge in [0.25, 0.3) is 17.7 Å². The number of halogens is 3. The summed E-state index contributed by atoms with van der Waals surface area (Å²) in [6.07, 6.45) is -3.42. The van der Waals surface area contributed by atoms with E-state index in [2.05, 4.69) is 25.9 Å². The van der Waals surface area contributed by atoms with Gasteiger partial charge in [-0.25, -0.2) is 0 Å². The van der Waals surface area contributed by atoms with Crippen LogP contribution in [0.1, 0.15) is 31.2 Å². The van der Waals surface area contributed by atoms with E-state index in [9.17, 15) is 27.6 Å². The highest BCUT2D eigenvalue weighted by Gasteiger charge is 2.31. The highest BCUT2D eigenvalue weighted by atomic mass is 19.4. The molecule has 3 aromatic rings. The van der Waals surface area contributed by atoms with Gasteiger partial charge in [-0.15, -0.1) is 13.2 Å². The molecule has 0 fully saturated rings. The van der Waals surface area contributed by atoms with E-state index in [0.717, 1.165) is 24.3 Å². The molecule has 0 aliphatic carbocycles. The highest BCUT2D eigenvalue weighted by molar-refractivity contribution is 5.99. The fourth-order valence-corrected chi connectivity index (χ4v) is 2.60. The Bertz CT molecular complexity index is 1180. The molecule has 0 bridgehead atoms. The number of benzene rings is 2. The van der Waals surface area contributed by atoms with Crippen molar-refractivity contribution in [1.82, 2.24) is 21.2 Å². The summed E-state index contributed by atoms with van der Waals surface area (Å²) >= 11 is 0. The Hall–Kier alpha value is -4.61. The Kier molecular flexibility index (Phi) is 7.31. The molecule has 9 nitrogen and oxygen atoms in total. The van der Waals surface area contributed by atoms with Crippen LogP contribution in [0.4, 0.5) is 13.2 Å². The van der Waals surface area contributed by atoms with Crippen molar-refractivity contribution in [3.8, 4) is 17.2 Å². The average molecular weight is 474 g/mol. The van der Waals surface area contributed by atoms with Crippen LogP contribution in [0.5, 0.6) is 17.2 Å². The maximum Gasteiger partial charge on any atom is 0.573 e. The first-order valence-corrected chi connectivity index (χ1v) is 9.57. The summed E-state index contributed by atoms with van der Waals surface area (Å²) in [6.45, 7) is 0. The average Bonchev–Trinajstić information content (AvgIpc) is 2.82. The zero-order valence-electron chi connectivity index (χ0n) is 17.5. The molecule has 0 spiro atoms. The number of carbonyl (C=O) groups is 3. The first-order valence-electron chi connectivity index (χ1n) is 9.57. The number of alkyl halides is 3. The van der Waals surface area contributed by atoms with Crippen LogP contribution in [0.15, 0.2) is 66.9 Å². The van der Waals surface area contributed by atoms with Crippen LogP contribution >= 0.6 is 0 Å². The second-order valence-corrected chi connectivity index (χ2v) is 6.56. The Balaban J connectivity index is 1.55. The Morgan fingerprint density at radius 3 is 1.79 bits per heavy atom. The number of aromatic nitrogens is 1. The van der Waals surface area contributed by atoms with Crippen molar-refractivity contribution < 1.29 is 37.0 Å². The van der Waals surface area contributed by atoms with Crippen molar-refractivity contribution in [3.63, 3.8) is 0 Å². The largest absolute Gasteiger partial charge is 0.573 e. The highest BCUT2D eigenvalue weighted by Crippen LogP contribution is 2.23. The van der Waals surface area contributed by atoms with E-state index in [0.29, 0.717) is 11.5 Å². The van der Waals surface area contributed by atoms with Gasteiger partial charge in [-0.05, 0) is 54.6 Å². The zero-order chi connectivity index (χ0) is 24.7. The fraction of sp³-hybridized carbons (Fsp3) is 0.0909. The van der Waals surface area contributed by atoms with Gasteiger partial charge in [0, 0.05) is 30.4 Å². The van der Waals surface area contributed by atoms with Gasteiger partial charge in [0.2, 0.25) is 0 Å². The lowest BCUT2D eigenvalue weighted by Gasteiger charge is -2.10. The number of hydrogen-bond donors (Lipinski definition) is 3. The molecular weight excluding hydrogens is 457 g/mol. The molecular formula is C22H17F3N4O5. The molecule has 2 aromatic carbocycles. The van der Waals surface area contributed by atoms with Gasteiger partial charge >= 0.3 is 6.36 Å². The van der Waals surface area contributed by atoms with Crippen molar-refractivity contribution in [2.24, 2.45) is 0 Å². The standard InChI is InChI=1S/C22H17F3N4O5/c1-26-21(32)18-12-17(10-11-27-18)33-15-6-2-13(3-7-15)19(30)28-29-20(31)14-4-8-16(9-5-14)34-22(23,24)25/h2-12H,1H3,(H,26,32)(H,28,30)(H,29,31). The lowest BCUT2D eigenvalue weighted by molar-refractivity contribution is -0.274. The van der Waals surface area contributed by atoms with Crippen LogP contribution < -0.4 is 25.6 Å². The molecule has 0 aliphatic heterocycles. The molecule has 0 unspecified atom stereocenters. The summed E-state index contributed by atoms with van der Waals surface area (Å²) in [7, 11) is 1.48. The summed E-state index contributed by atoms with van der Waals surface area (Å²) in [4.78, 5) is 39.9. The smallest absolute Gasteiger partial charge is 0.457 e. The lowest BCUT2D eigenvalue weighted by atomic mass is 10.2. The van der Waals surface area contributed by atoms with E-state index < -0.39 is 23.9 Å². The number of amides is 3. The monoisotopic (exact) mass is 474 g/mol. The maximum absolute atomic E-state index is 12.2. The molecule has 34 heavy (non-hydrogen) atoms. The molecule has 3 N–H and O–H groups in total. The van der Waals surface area contributed by atoms with Gasteiger partial charge in [0.05, 0.1) is 0 Å². The van der Waals surface area contributed by atoms with E-state index in [1.807, 2.05) is 0 Å². The normalized spacial score (nSPS) is 10.7. The Morgan fingerprint density at radius 2 is 1.29 bits per heavy atom. The number of nitrogens with one attached hydrogen (secondary N) is 3. The van der Waals surface area contributed by atoms with E-state index in [-0.39, 0.29) is 22.7 Å². The fourth-order valence-electron chi connectivity index (χ4n) is 2.60. The number of carbonyl (C=O) groups excluding carboxylic acids is 3. The van der Waals surface area contributed by atoms with E-state index in [1.165, 1.54) is 43.6 Å². The quantitative estimate of drug-likeness (QED) is 0.472. The number of pyridine rings is 1. The minimum absolute atomic E-state index is 0.00653. The molecule has 1 aromatic heterocycles. The number of hydrogen-bond acceptors (Lipinski definition) is 6. The third kappa shape index (κ3) is 6.69. The maximum atomic E-state index is 12.2. The van der Waals surface area contributed by atoms with Crippen LogP contribution in [-0.2, 0) is 0 Å². The molecule has 0 aliphatic rings. The SMILES string of the molecule is CNC(=O)c1cc(Oc2ccc(C(=O)NNC(=O)c3ccc(OC(F)(F)F)cc3)cc2)ccn1. The summed E-state index contributed by atoms with van der Waals surface area (Å²) in [5, 5.41) is 2.46. The first kappa shape index (κ1) is 24.0. The lowest BCUT2D eigenvalue weighted by Crippen LogP contribution is -2.41. The van der Waals surface area contributed by atoms with Crippen molar-refractivity contribution in [2.45, 2.75) is 6.36 Å². The topological polar surface area (TPSA) is 119 Å². The second kappa shape index (κ2) is 10.3. The van der Waals surface area contributed by atoms with Crippen molar-refractivity contribution in [3.05, 3.63) is 83.7 Å². The molecule has 176 valence electrons. The molecule has 1 heterocycles. The summed E-state index contributed by atoms with van der Waals surface area (Å²) in [5.41, 5.74) is 4.74. The Labute approximate surface area is 190 Å². The number of hydrazine groups is 1. The summed E-state index contributed by atoms with van der Waals surface area (Å²) in [5.74, 6) is -1.48. The number of rotatable bonds is 6. The molecule has 0 saturated heterocycles. The van der Waals surface area contributed by atoms with Gasteiger partial charge in [0.15, 0.2) is 0 Å². The predicted molar refractivity (Wildman–Crippen MR) is 112 cm³/mol. The van der Waals surface area contributed by atoms with Crippen LogP contribution in [0.2, 0.25) is 0 Å². The van der Waals surface area contributed by atoms with E-state index in [1.54, 1.807) is 6.07 Å². The first-order chi connectivity index (χ1) is 16.1. The third-order valence-electron chi connectivity index (χ3n) is 4.18. The third-order valence-corrected chi connectivity index (χ3v) is 4.18. The molecule has 3 rings (SSSR count). The van der Waals surface area contributed by atoms with Crippen molar-refractivity contribution in [2.75, 3.05) is 7.05 Å². The van der Waals surface area contributed by atoms with Gasteiger partial charge < -0.3 is 14.8 Å². The minimum atomic E-state index is -4.84. The van der Waals surface area contributed by atoms with Gasteiger partial charge in [-0.1, -0.05) is 0 Å². The van der Waals surface area contributed by atoms with Crippen LogP contribution in [0.25, 0.3) is 0 Å². The number of ether oxygens (including phenoxy) is 2. The molecule has 12 heteroatoms. The predicted octanol–water partition coefficient (Wildman–Crippen LogP) is 3.21. The summed E-state index contributed by atoms with van der Waals surface area (Å²) in [6, 6.07) is 13.1. The van der Waals surface area contributed by atoms with E-state index in [4.69, 9.17) is 4.74 Å². The van der Waals surface area contributed by atoms with Crippen molar-refractivity contribution >= 4 is 17.7 Å². The minimum Gasteiger partial charge on any atom is -0.457 e. The number of nitrogens with zero attached hydrogens (tertiary/aromatic N) is 1. The second-order valence-electron chi connectivity index (χ2n) is 6.56. The van der Waals surface area contributed by atoms with Crippen molar-refractivity contribution in [1.29, 1.82) is 0 Å². The van der Waals surface area contributed by atoms with Gasteiger partial charge in [-0.3, -0.25) is 30.2 Å². The van der Waals surface area contributed by atoms with Crippen LogP contribution in [0, 0.1) is 0 Å². The molecule has 0 saturated carbocycles. The molecule has 3 amide bonds. The van der Waals surface area contributed by atoms with Gasteiger partial charge in [0.1, 0.15) is 22.9 Å². The summed E-state index contributed by atoms with van der Waals surface area (Å²) < 4.78 is 45.9. The molecule has 0 atom stereocenters. The van der Waals surface area contributed by atoms with E-state index >= 15 is 0 Å². The van der Waals surface area contributed by atoms with Crippen LogP contribution in [-0.4, -0.2) is 36.1 Å². The zero-order valence-corrected chi connectivity index (χ0v) is 17.5. The van der Waals surface area contributed by atoms with Crippen LogP contribution in [0.3, 0.4) is 0 Å².